The Morgan fingerprint density at radius 2 is 1.88 bits per heavy atom. The van der Waals surface area contributed by atoms with Crippen LogP contribution in [0.2, 0.25) is 0 Å². The second-order valence-corrected chi connectivity index (χ2v) is 3.83. The standard InChI is InChI=1S/C13H16O4/c1-3-12(14)10-4-6-11(7-5-10)17-9(2)8-13(15)16/h4-7,9H,3,8H2,1-2H3,(H,15,16)/t9-/m1/s1. The first-order valence-electron chi connectivity index (χ1n) is 5.54. The number of carbonyl (C=O) groups is 2. The number of rotatable bonds is 6. The Morgan fingerprint density at radius 1 is 1.29 bits per heavy atom. The highest BCUT2D eigenvalue weighted by Gasteiger charge is 2.09. The van der Waals surface area contributed by atoms with E-state index < -0.39 is 5.97 Å². The van der Waals surface area contributed by atoms with Crippen LogP contribution in [0.15, 0.2) is 24.3 Å². The monoisotopic (exact) mass is 236 g/mol. The van der Waals surface area contributed by atoms with Crippen molar-refractivity contribution in [1.82, 2.24) is 0 Å². The highest BCUT2D eigenvalue weighted by Crippen LogP contribution is 2.15. The lowest BCUT2D eigenvalue weighted by Gasteiger charge is -2.12. The average Bonchev–Trinajstić information content (AvgIpc) is 2.28. The molecule has 0 aliphatic rings. The summed E-state index contributed by atoms with van der Waals surface area (Å²) in [5, 5.41) is 8.59. The Labute approximate surface area is 100 Å². The molecule has 0 bridgehead atoms. The highest BCUT2D eigenvalue weighted by molar-refractivity contribution is 5.95. The fourth-order valence-corrected chi connectivity index (χ4v) is 1.44. The second kappa shape index (κ2) is 6.03. The predicted octanol–water partition coefficient (Wildman–Crippen LogP) is 2.52. The summed E-state index contributed by atoms with van der Waals surface area (Å²) in [7, 11) is 0. The zero-order chi connectivity index (χ0) is 12.8. The molecule has 1 rings (SSSR count). The summed E-state index contributed by atoms with van der Waals surface area (Å²) in [5.74, 6) is -0.239. The molecular formula is C13H16O4. The zero-order valence-corrected chi connectivity index (χ0v) is 9.97. The number of carbonyl (C=O) groups excluding carboxylic acids is 1. The quantitative estimate of drug-likeness (QED) is 0.771. The van der Waals surface area contributed by atoms with E-state index in [1.165, 1.54) is 0 Å². The Morgan fingerprint density at radius 3 is 2.35 bits per heavy atom. The van der Waals surface area contributed by atoms with E-state index in [4.69, 9.17) is 9.84 Å². The predicted molar refractivity (Wildman–Crippen MR) is 63.4 cm³/mol. The lowest BCUT2D eigenvalue weighted by molar-refractivity contribution is -0.138. The van der Waals surface area contributed by atoms with E-state index in [2.05, 4.69) is 0 Å². The second-order valence-electron chi connectivity index (χ2n) is 3.83. The SMILES string of the molecule is CCC(=O)c1ccc(O[C@H](C)CC(=O)O)cc1. The molecule has 0 aliphatic carbocycles. The van der Waals surface area contributed by atoms with E-state index >= 15 is 0 Å². The Hall–Kier alpha value is -1.84. The minimum absolute atomic E-state index is 0.0460. The molecule has 1 atom stereocenters. The fraction of sp³-hybridized carbons (Fsp3) is 0.385. The number of benzene rings is 1. The van der Waals surface area contributed by atoms with Crippen molar-refractivity contribution in [1.29, 1.82) is 0 Å². The third kappa shape index (κ3) is 4.26. The first kappa shape index (κ1) is 13.2. The van der Waals surface area contributed by atoms with Gasteiger partial charge in [-0.2, -0.15) is 0 Å². The summed E-state index contributed by atoms with van der Waals surface area (Å²) in [6.45, 7) is 3.50. The van der Waals surface area contributed by atoms with Crippen LogP contribution < -0.4 is 4.74 Å². The van der Waals surface area contributed by atoms with Gasteiger partial charge in [0.15, 0.2) is 5.78 Å². The van der Waals surface area contributed by atoms with Gasteiger partial charge >= 0.3 is 5.97 Å². The molecule has 4 heteroatoms. The Balaban J connectivity index is 2.62. The first-order chi connectivity index (χ1) is 8.02. The normalized spacial score (nSPS) is 11.9. The maximum absolute atomic E-state index is 11.4. The third-order valence-electron chi connectivity index (χ3n) is 2.30. The molecular weight excluding hydrogens is 220 g/mol. The van der Waals surface area contributed by atoms with Gasteiger partial charge in [-0.05, 0) is 31.2 Å². The molecule has 0 aliphatic heterocycles. The molecule has 0 heterocycles. The van der Waals surface area contributed by atoms with Gasteiger partial charge in [0, 0.05) is 12.0 Å². The molecule has 0 radical (unpaired) electrons. The van der Waals surface area contributed by atoms with Crippen LogP contribution in [0.25, 0.3) is 0 Å². The number of hydrogen-bond donors (Lipinski definition) is 1. The summed E-state index contributed by atoms with van der Waals surface area (Å²) >= 11 is 0. The van der Waals surface area contributed by atoms with Crippen LogP contribution in [-0.4, -0.2) is 23.0 Å². The van der Waals surface area contributed by atoms with E-state index in [1.54, 1.807) is 31.2 Å². The van der Waals surface area contributed by atoms with Crippen LogP contribution in [0.1, 0.15) is 37.0 Å². The van der Waals surface area contributed by atoms with Crippen molar-refractivity contribution in [2.75, 3.05) is 0 Å². The topological polar surface area (TPSA) is 63.6 Å². The minimum Gasteiger partial charge on any atom is -0.490 e. The molecule has 1 aromatic carbocycles. The van der Waals surface area contributed by atoms with E-state index in [0.29, 0.717) is 17.7 Å². The van der Waals surface area contributed by atoms with Crippen LogP contribution >= 0.6 is 0 Å². The fourth-order valence-electron chi connectivity index (χ4n) is 1.44. The highest BCUT2D eigenvalue weighted by atomic mass is 16.5. The molecule has 0 spiro atoms. The van der Waals surface area contributed by atoms with Crippen LogP contribution in [0, 0.1) is 0 Å². The van der Waals surface area contributed by atoms with Crippen molar-refractivity contribution in [3.8, 4) is 5.75 Å². The lowest BCUT2D eigenvalue weighted by Crippen LogP contribution is -2.16. The Kier molecular flexibility index (Phi) is 4.69. The number of aliphatic carboxylic acids is 1. The third-order valence-corrected chi connectivity index (χ3v) is 2.30. The zero-order valence-electron chi connectivity index (χ0n) is 9.97. The minimum atomic E-state index is -0.893. The van der Waals surface area contributed by atoms with Crippen molar-refractivity contribution < 1.29 is 19.4 Å². The van der Waals surface area contributed by atoms with Gasteiger partial charge in [0.1, 0.15) is 11.9 Å². The van der Waals surface area contributed by atoms with Crippen LogP contribution in [-0.2, 0) is 4.79 Å². The molecule has 92 valence electrons. The Bertz CT molecular complexity index is 394. The summed E-state index contributed by atoms with van der Waals surface area (Å²) in [6, 6.07) is 6.74. The lowest BCUT2D eigenvalue weighted by atomic mass is 10.1. The van der Waals surface area contributed by atoms with Crippen molar-refractivity contribution >= 4 is 11.8 Å². The maximum Gasteiger partial charge on any atom is 0.307 e. The maximum atomic E-state index is 11.4. The largest absolute Gasteiger partial charge is 0.490 e. The van der Waals surface area contributed by atoms with E-state index in [9.17, 15) is 9.59 Å². The van der Waals surface area contributed by atoms with Gasteiger partial charge in [-0.25, -0.2) is 0 Å². The summed E-state index contributed by atoms with van der Waals surface area (Å²) < 4.78 is 5.40. The van der Waals surface area contributed by atoms with E-state index in [-0.39, 0.29) is 18.3 Å². The number of hydrogen-bond acceptors (Lipinski definition) is 3. The van der Waals surface area contributed by atoms with Gasteiger partial charge in [-0.3, -0.25) is 9.59 Å². The molecule has 1 N–H and O–H groups in total. The molecule has 0 aromatic heterocycles. The number of Topliss-reactive ketones (excluding diaryl/α,β-unsaturated/α-hetero) is 1. The van der Waals surface area contributed by atoms with Gasteiger partial charge in [0.2, 0.25) is 0 Å². The molecule has 1 aromatic rings. The summed E-state index contributed by atoms with van der Waals surface area (Å²) in [5.41, 5.74) is 0.644. The number of carboxylic acids is 1. The molecule has 4 nitrogen and oxygen atoms in total. The van der Waals surface area contributed by atoms with Crippen molar-refractivity contribution in [3.63, 3.8) is 0 Å². The van der Waals surface area contributed by atoms with E-state index in [0.717, 1.165) is 0 Å². The number of carboxylic acid groups (broad SMARTS) is 1. The van der Waals surface area contributed by atoms with Crippen LogP contribution in [0.5, 0.6) is 5.75 Å². The van der Waals surface area contributed by atoms with Crippen molar-refractivity contribution in [2.24, 2.45) is 0 Å². The van der Waals surface area contributed by atoms with Crippen LogP contribution in [0.4, 0.5) is 0 Å². The summed E-state index contributed by atoms with van der Waals surface area (Å²) in [4.78, 5) is 21.8. The van der Waals surface area contributed by atoms with Gasteiger partial charge in [0.25, 0.3) is 0 Å². The van der Waals surface area contributed by atoms with Crippen molar-refractivity contribution in [2.45, 2.75) is 32.8 Å². The first-order valence-corrected chi connectivity index (χ1v) is 5.54. The molecule has 17 heavy (non-hydrogen) atoms. The van der Waals surface area contributed by atoms with Crippen LogP contribution in [0.3, 0.4) is 0 Å². The van der Waals surface area contributed by atoms with Gasteiger partial charge in [-0.1, -0.05) is 6.92 Å². The molecule has 0 saturated heterocycles. The molecule has 0 unspecified atom stereocenters. The smallest absolute Gasteiger partial charge is 0.307 e. The average molecular weight is 236 g/mol. The molecule has 0 fully saturated rings. The molecule has 0 amide bonds. The van der Waals surface area contributed by atoms with Gasteiger partial charge < -0.3 is 9.84 Å². The van der Waals surface area contributed by atoms with E-state index in [1.807, 2.05) is 6.92 Å². The summed E-state index contributed by atoms with van der Waals surface area (Å²) in [6.07, 6.45) is 0.0332. The molecule has 0 saturated carbocycles. The number of ketones is 1. The van der Waals surface area contributed by atoms with Crippen molar-refractivity contribution in [3.05, 3.63) is 29.8 Å². The van der Waals surface area contributed by atoms with Gasteiger partial charge in [0.05, 0.1) is 6.42 Å². The number of ether oxygens (including phenoxy) is 1. The van der Waals surface area contributed by atoms with Gasteiger partial charge in [-0.15, -0.1) is 0 Å².